The number of amides is 4. The summed E-state index contributed by atoms with van der Waals surface area (Å²) in [5.41, 5.74) is 1.15. The molecular weight excluding hydrogens is 652 g/mol. The molecule has 0 bridgehead atoms. The number of fused-ring (bicyclic) bond motifs is 1. The molecule has 50 heavy (non-hydrogen) atoms. The first-order chi connectivity index (χ1) is 24.1. The number of benzene rings is 3. The van der Waals surface area contributed by atoms with E-state index in [-0.39, 0.29) is 36.4 Å². The fourth-order valence-electron chi connectivity index (χ4n) is 5.65. The number of nitrogens with zero attached hydrogens (tertiary/aromatic N) is 3. The zero-order valence-electron chi connectivity index (χ0n) is 27.6. The molecule has 0 radical (unpaired) electrons. The van der Waals surface area contributed by atoms with Crippen LogP contribution in [0.5, 0.6) is 11.5 Å². The van der Waals surface area contributed by atoms with E-state index in [9.17, 15) is 28.8 Å². The number of ether oxygens (including phenoxy) is 4. The quantitative estimate of drug-likeness (QED) is 0.0861. The Morgan fingerprint density at radius 2 is 1.42 bits per heavy atom. The molecule has 2 heterocycles. The number of likely N-dealkylation sites (tertiary alicyclic amines) is 1. The first-order valence-electron chi connectivity index (χ1n) is 15.4. The number of hydrogen-bond donors (Lipinski definition) is 1. The molecule has 0 aromatic heterocycles. The van der Waals surface area contributed by atoms with Gasteiger partial charge >= 0.3 is 11.9 Å². The number of rotatable bonds is 14. The van der Waals surface area contributed by atoms with Gasteiger partial charge in [0, 0.05) is 12.0 Å². The van der Waals surface area contributed by atoms with E-state index >= 15 is 0 Å². The highest BCUT2D eigenvalue weighted by Gasteiger charge is 2.46. The normalized spacial score (nSPS) is 16.5. The molecule has 1 saturated heterocycles. The summed E-state index contributed by atoms with van der Waals surface area (Å²) < 4.78 is 20.7. The summed E-state index contributed by atoms with van der Waals surface area (Å²) in [6, 6.07) is 16.0. The minimum Gasteiger partial charge on any atom is -0.497 e. The standard InChI is InChI=1S/C35H34N4O11/c1-46-22-13-11-21(12-14-22)29(35(45)48-3)38-19-26(33(38)43)36-30(40)28(37-49-4)20-9-15-23(16-10-20)50-18-17-27(34(44)47-2)39-31(41)24-7-5-6-8-25(24)32(39)42/h5-16,26-27,29H,17-19H2,1-4H3,(H,36,40)/b37-28-. The van der Waals surface area contributed by atoms with Gasteiger partial charge in [-0.2, -0.15) is 0 Å². The van der Waals surface area contributed by atoms with Crippen LogP contribution >= 0.6 is 0 Å². The number of carbonyl (C=O) groups is 6. The highest BCUT2D eigenvalue weighted by Crippen LogP contribution is 2.30. The van der Waals surface area contributed by atoms with E-state index in [2.05, 4.69) is 10.5 Å². The Morgan fingerprint density at radius 3 is 1.96 bits per heavy atom. The van der Waals surface area contributed by atoms with Crippen LogP contribution in [0.15, 0.2) is 78.0 Å². The predicted molar refractivity (Wildman–Crippen MR) is 174 cm³/mol. The van der Waals surface area contributed by atoms with Crippen molar-refractivity contribution < 1.29 is 52.6 Å². The molecule has 3 unspecified atom stereocenters. The summed E-state index contributed by atoms with van der Waals surface area (Å²) in [5, 5.41) is 6.47. The third-order valence-corrected chi connectivity index (χ3v) is 8.23. The van der Waals surface area contributed by atoms with Gasteiger partial charge in [-0.1, -0.05) is 29.4 Å². The Morgan fingerprint density at radius 1 is 0.820 bits per heavy atom. The summed E-state index contributed by atoms with van der Waals surface area (Å²) in [6.45, 7) is -0.0217. The lowest BCUT2D eigenvalue weighted by atomic mass is 9.97. The van der Waals surface area contributed by atoms with Crippen LogP contribution < -0.4 is 14.8 Å². The van der Waals surface area contributed by atoms with Crippen LogP contribution in [0.3, 0.4) is 0 Å². The maximum Gasteiger partial charge on any atom is 0.333 e. The second-order valence-corrected chi connectivity index (χ2v) is 11.1. The van der Waals surface area contributed by atoms with Crippen LogP contribution in [0, 0.1) is 0 Å². The monoisotopic (exact) mass is 686 g/mol. The summed E-state index contributed by atoms with van der Waals surface area (Å²) in [6.07, 6.45) is -0.0413. The van der Waals surface area contributed by atoms with Crippen LogP contribution in [0.1, 0.15) is 44.3 Å². The van der Waals surface area contributed by atoms with Gasteiger partial charge in [-0.25, -0.2) is 9.59 Å². The minimum absolute atomic E-state index is 0.0384. The van der Waals surface area contributed by atoms with Crippen LogP contribution in [-0.2, 0) is 33.5 Å². The van der Waals surface area contributed by atoms with Gasteiger partial charge in [0.1, 0.15) is 30.7 Å². The highest BCUT2D eigenvalue weighted by molar-refractivity contribution is 6.45. The Bertz CT molecular complexity index is 1790. The van der Waals surface area contributed by atoms with E-state index in [1.807, 2.05) is 0 Å². The average molecular weight is 687 g/mol. The van der Waals surface area contributed by atoms with E-state index < -0.39 is 53.7 Å². The number of oxime groups is 1. The van der Waals surface area contributed by atoms with Gasteiger partial charge in [0.15, 0.2) is 11.8 Å². The Hall–Kier alpha value is -6.25. The van der Waals surface area contributed by atoms with Gasteiger partial charge in [0.25, 0.3) is 17.7 Å². The number of methoxy groups -OCH3 is 3. The maximum atomic E-state index is 13.2. The summed E-state index contributed by atoms with van der Waals surface area (Å²) in [5.74, 6) is -2.84. The lowest BCUT2D eigenvalue weighted by Gasteiger charge is -2.42. The predicted octanol–water partition coefficient (Wildman–Crippen LogP) is 1.89. The second kappa shape index (κ2) is 15.3. The number of esters is 2. The molecule has 3 atom stereocenters. The molecule has 1 N–H and O–H groups in total. The van der Waals surface area contributed by atoms with Gasteiger partial charge in [-0.15, -0.1) is 0 Å². The number of nitrogens with one attached hydrogen (secondary N) is 1. The molecule has 0 spiro atoms. The van der Waals surface area contributed by atoms with Crippen molar-refractivity contribution in [2.75, 3.05) is 41.6 Å². The fourth-order valence-corrected chi connectivity index (χ4v) is 5.65. The number of carbonyl (C=O) groups excluding carboxylic acids is 6. The van der Waals surface area contributed by atoms with Crippen molar-refractivity contribution in [1.29, 1.82) is 0 Å². The highest BCUT2D eigenvalue weighted by atomic mass is 16.6. The van der Waals surface area contributed by atoms with Crippen molar-refractivity contribution in [2.24, 2.45) is 5.16 Å². The molecule has 5 rings (SSSR count). The van der Waals surface area contributed by atoms with Crippen LogP contribution in [0.25, 0.3) is 0 Å². The lowest BCUT2D eigenvalue weighted by molar-refractivity contribution is -0.161. The van der Waals surface area contributed by atoms with Crippen molar-refractivity contribution in [2.45, 2.75) is 24.5 Å². The summed E-state index contributed by atoms with van der Waals surface area (Å²) >= 11 is 0. The van der Waals surface area contributed by atoms with Gasteiger partial charge in [-0.3, -0.25) is 24.1 Å². The first kappa shape index (κ1) is 35.1. The van der Waals surface area contributed by atoms with Crippen molar-refractivity contribution >= 4 is 41.3 Å². The van der Waals surface area contributed by atoms with Gasteiger partial charge in [-0.05, 0) is 54.1 Å². The SMILES string of the molecule is CO/N=C(\C(=O)NC1CN(C(C(=O)OC)c2ccc(OC)cc2)C1=O)c1ccc(OCCC(C(=O)OC)N2C(=O)c3ccccc3C2=O)cc1. The molecule has 2 aliphatic heterocycles. The summed E-state index contributed by atoms with van der Waals surface area (Å²) in [4.78, 5) is 84.6. The van der Waals surface area contributed by atoms with Crippen molar-refractivity contribution in [1.82, 2.24) is 15.1 Å². The van der Waals surface area contributed by atoms with Crippen LogP contribution in [-0.4, -0.2) is 105 Å². The zero-order valence-corrected chi connectivity index (χ0v) is 27.6. The molecule has 0 aliphatic carbocycles. The Balaban J connectivity index is 1.20. The van der Waals surface area contributed by atoms with Gasteiger partial charge < -0.3 is 34.0 Å². The average Bonchev–Trinajstić information content (AvgIpc) is 3.40. The number of hydrogen-bond acceptors (Lipinski definition) is 12. The topological polar surface area (TPSA) is 179 Å². The Labute approximate surface area is 286 Å². The van der Waals surface area contributed by atoms with E-state index in [1.54, 1.807) is 60.7 Å². The molecule has 15 heteroatoms. The molecular formula is C35H34N4O11. The molecule has 3 aromatic rings. The molecule has 4 amide bonds. The molecule has 3 aromatic carbocycles. The van der Waals surface area contributed by atoms with Gasteiger partial charge in [0.05, 0.1) is 45.6 Å². The summed E-state index contributed by atoms with van der Waals surface area (Å²) in [7, 11) is 5.17. The molecule has 15 nitrogen and oxygen atoms in total. The van der Waals surface area contributed by atoms with Crippen molar-refractivity contribution in [3.8, 4) is 11.5 Å². The van der Waals surface area contributed by atoms with Crippen molar-refractivity contribution in [3.05, 3.63) is 95.1 Å². The molecule has 2 aliphatic rings. The maximum absolute atomic E-state index is 13.2. The first-order valence-corrected chi connectivity index (χ1v) is 15.4. The molecule has 260 valence electrons. The minimum atomic E-state index is -1.21. The van der Waals surface area contributed by atoms with E-state index in [0.717, 1.165) is 4.90 Å². The van der Waals surface area contributed by atoms with Crippen LogP contribution in [0.4, 0.5) is 0 Å². The number of β-lactam (4-membered cyclic amide) rings is 1. The number of imide groups is 1. The van der Waals surface area contributed by atoms with Crippen molar-refractivity contribution in [3.63, 3.8) is 0 Å². The third-order valence-electron chi connectivity index (χ3n) is 8.23. The molecule has 0 saturated carbocycles. The second-order valence-electron chi connectivity index (χ2n) is 11.1. The molecule has 1 fully saturated rings. The smallest absolute Gasteiger partial charge is 0.333 e. The zero-order chi connectivity index (χ0) is 35.9. The Kier molecular flexibility index (Phi) is 10.7. The van der Waals surface area contributed by atoms with E-state index in [0.29, 0.717) is 22.6 Å². The third kappa shape index (κ3) is 6.97. The largest absolute Gasteiger partial charge is 0.497 e. The van der Waals surface area contributed by atoms with E-state index in [4.69, 9.17) is 23.8 Å². The fraction of sp³-hybridized carbons (Fsp3) is 0.286. The lowest BCUT2D eigenvalue weighted by Crippen LogP contribution is -2.66. The van der Waals surface area contributed by atoms with Gasteiger partial charge in [0.2, 0.25) is 5.91 Å². The van der Waals surface area contributed by atoms with Crippen LogP contribution in [0.2, 0.25) is 0 Å². The van der Waals surface area contributed by atoms with E-state index in [1.165, 1.54) is 45.5 Å².